The van der Waals surface area contributed by atoms with Gasteiger partial charge in [0.15, 0.2) is 0 Å². The summed E-state index contributed by atoms with van der Waals surface area (Å²) in [6.07, 6.45) is 5.19. The molecule has 33 heavy (non-hydrogen) atoms. The van der Waals surface area contributed by atoms with Gasteiger partial charge in [0.1, 0.15) is 17.4 Å². The number of aliphatic carboxylic acids is 1. The first kappa shape index (κ1) is 24.7. The van der Waals surface area contributed by atoms with Crippen LogP contribution in [-0.4, -0.2) is 56.6 Å². The number of hydrogen-bond acceptors (Lipinski definition) is 6. The number of nitrogens with one attached hydrogen (secondary N) is 2. The summed E-state index contributed by atoms with van der Waals surface area (Å²) in [4.78, 5) is 37.0. The number of aliphatic hydroxyl groups excluding tert-OH is 2. The number of carbonyl (C=O) groups is 2. The molecular weight excluding hydrogens is 433 g/mol. The van der Waals surface area contributed by atoms with E-state index in [-0.39, 0.29) is 41.2 Å². The van der Waals surface area contributed by atoms with Gasteiger partial charge in [-0.3, -0.25) is 9.59 Å². The number of amides is 1. The van der Waals surface area contributed by atoms with E-state index >= 15 is 0 Å². The van der Waals surface area contributed by atoms with E-state index in [0.29, 0.717) is 0 Å². The van der Waals surface area contributed by atoms with E-state index in [1.54, 1.807) is 6.92 Å². The number of aromatic nitrogens is 1. The summed E-state index contributed by atoms with van der Waals surface area (Å²) in [5.41, 5.74) is -0.621. The Morgan fingerprint density at radius 3 is 2.55 bits per heavy atom. The Balaban J connectivity index is 2.08. The molecule has 0 bridgehead atoms. The zero-order chi connectivity index (χ0) is 24.1. The van der Waals surface area contributed by atoms with Gasteiger partial charge in [-0.05, 0) is 31.4 Å². The van der Waals surface area contributed by atoms with Crippen molar-refractivity contribution in [2.45, 2.75) is 70.2 Å². The number of benzene rings is 1. The second-order valence-electron chi connectivity index (χ2n) is 8.46. The number of rotatable bonds is 9. The number of hydrogen-bond donors (Lipinski definition) is 5. The van der Waals surface area contributed by atoms with Crippen molar-refractivity contribution in [2.75, 3.05) is 11.9 Å². The third-order valence-electron chi connectivity index (χ3n) is 6.01. The van der Waals surface area contributed by atoms with E-state index in [1.165, 1.54) is 16.8 Å². The maximum Gasteiger partial charge on any atom is 0.326 e. The Labute approximate surface area is 190 Å². The van der Waals surface area contributed by atoms with Gasteiger partial charge in [-0.25, -0.2) is 9.18 Å². The molecule has 1 aromatic carbocycles. The molecule has 0 aliphatic heterocycles. The first-order valence-corrected chi connectivity index (χ1v) is 11.2. The molecule has 2 atom stereocenters. The average Bonchev–Trinajstić information content (AvgIpc) is 2.80. The summed E-state index contributed by atoms with van der Waals surface area (Å²) in [7, 11) is 0. The van der Waals surface area contributed by atoms with Gasteiger partial charge in [-0.1, -0.05) is 26.2 Å². The van der Waals surface area contributed by atoms with Gasteiger partial charge in [0.2, 0.25) is 5.43 Å². The van der Waals surface area contributed by atoms with Crippen LogP contribution >= 0.6 is 0 Å². The number of halogens is 1. The highest BCUT2D eigenvalue weighted by atomic mass is 19.1. The van der Waals surface area contributed by atoms with Gasteiger partial charge < -0.3 is 30.5 Å². The number of nitrogens with zero attached hydrogens (tertiary/aromatic N) is 1. The molecule has 1 fully saturated rings. The highest BCUT2D eigenvalue weighted by Crippen LogP contribution is 2.26. The number of pyridine rings is 1. The molecule has 9 nitrogen and oxygen atoms in total. The van der Waals surface area contributed by atoms with E-state index in [1.807, 2.05) is 0 Å². The fraction of sp³-hybridized carbons (Fsp3) is 0.522. The summed E-state index contributed by atoms with van der Waals surface area (Å²) in [6.45, 7) is 0.865. The SMILES string of the molecule is CCC(NC(=O)c1cn(CC(O)CO)c2cc(NC3CCCCC3)c(F)cc2c1=O)C(=O)O. The van der Waals surface area contributed by atoms with Crippen LogP contribution in [0.3, 0.4) is 0 Å². The van der Waals surface area contributed by atoms with Crippen LogP contribution in [0.15, 0.2) is 23.1 Å². The molecule has 0 spiro atoms. The van der Waals surface area contributed by atoms with Gasteiger partial charge in [-0.15, -0.1) is 0 Å². The van der Waals surface area contributed by atoms with Crippen LogP contribution in [0, 0.1) is 5.82 Å². The highest BCUT2D eigenvalue weighted by molar-refractivity contribution is 5.99. The van der Waals surface area contributed by atoms with Gasteiger partial charge in [0.05, 0.1) is 30.5 Å². The van der Waals surface area contributed by atoms with Crippen molar-refractivity contribution in [2.24, 2.45) is 0 Å². The Morgan fingerprint density at radius 1 is 1.24 bits per heavy atom. The summed E-state index contributed by atoms with van der Waals surface area (Å²) < 4.78 is 16.3. The zero-order valence-corrected chi connectivity index (χ0v) is 18.5. The topological polar surface area (TPSA) is 141 Å². The molecule has 1 aliphatic rings. The minimum absolute atomic E-state index is 0.0807. The Kier molecular flexibility index (Phi) is 8.04. The fourth-order valence-corrected chi connectivity index (χ4v) is 4.16. The highest BCUT2D eigenvalue weighted by Gasteiger charge is 2.24. The molecule has 0 radical (unpaired) electrons. The standard InChI is InChI=1S/C23H30FN3O6/c1-2-18(23(32)33)26-22(31)16-11-27(10-14(29)12-28)20-9-19(17(24)8-15(20)21(16)30)25-13-6-4-3-5-7-13/h8-9,11,13-14,18,25,28-29H,2-7,10,12H2,1H3,(H,26,31)(H,32,33). The minimum atomic E-state index is -1.24. The van der Waals surface area contributed by atoms with Crippen molar-refractivity contribution in [3.05, 3.63) is 39.9 Å². The van der Waals surface area contributed by atoms with E-state index in [2.05, 4.69) is 10.6 Å². The molecule has 1 amide bonds. The molecule has 1 aliphatic carbocycles. The molecule has 5 N–H and O–H groups in total. The molecule has 1 aromatic heterocycles. The summed E-state index contributed by atoms with van der Waals surface area (Å²) >= 11 is 0. The van der Waals surface area contributed by atoms with E-state index in [0.717, 1.165) is 38.2 Å². The quantitative estimate of drug-likeness (QED) is 0.382. The monoisotopic (exact) mass is 463 g/mol. The molecule has 10 heteroatoms. The molecule has 1 saturated carbocycles. The molecular formula is C23H30FN3O6. The van der Waals surface area contributed by atoms with Gasteiger partial charge >= 0.3 is 5.97 Å². The Morgan fingerprint density at radius 2 is 1.94 bits per heavy atom. The summed E-state index contributed by atoms with van der Waals surface area (Å²) in [5, 5.41) is 33.9. The zero-order valence-electron chi connectivity index (χ0n) is 18.5. The number of fused-ring (bicyclic) bond motifs is 1. The molecule has 0 saturated heterocycles. The minimum Gasteiger partial charge on any atom is -0.480 e. The Bertz CT molecular complexity index is 1080. The van der Waals surface area contributed by atoms with Crippen LogP contribution in [0.1, 0.15) is 55.8 Å². The van der Waals surface area contributed by atoms with Crippen LogP contribution < -0.4 is 16.1 Å². The molecule has 180 valence electrons. The second-order valence-corrected chi connectivity index (χ2v) is 8.46. The molecule has 3 rings (SSSR count). The first-order valence-electron chi connectivity index (χ1n) is 11.2. The predicted molar refractivity (Wildman–Crippen MR) is 121 cm³/mol. The maximum atomic E-state index is 14.9. The fourth-order valence-electron chi connectivity index (χ4n) is 4.16. The summed E-state index contributed by atoms with van der Waals surface area (Å²) in [6, 6.07) is 1.44. The Hall–Kier alpha value is -2.98. The van der Waals surface area contributed by atoms with Crippen molar-refractivity contribution in [3.8, 4) is 0 Å². The predicted octanol–water partition coefficient (Wildman–Crippen LogP) is 1.83. The number of aliphatic hydroxyl groups is 2. The van der Waals surface area contributed by atoms with Crippen molar-refractivity contribution in [1.82, 2.24) is 9.88 Å². The third-order valence-corrected chi connectivity index (χ3v) is 6.01. The third kappa shape index (κ3) is 5.69. The van der Waals surface area contributed by atoms with Crippen molar-refractivity contribution < 1.29 is 29.3 Å². The molecule has 1 heterocycles. The smallest absolute Gasteiger partial charge is 0.326 e. The maximum absolute atomic E-state index is 14.9. The second kappa shape index (κ2) is 10.8. The van der Waals surface area contributed by atoms with Gasteiger partial charge in [0.25, 0.3) is 5.91 Å². The van der Waals surface area contributed by atoms with Crippen LogP contribution in [0.25, 0.3) is 10.9 Å². The van der Waals surface area contributed by atoms with Crippen LogP contribution in [-0.2, 0) is 11.3 Å². The molecule has 2 unspecified atom stereocenters. The van der Waals surface area contributed by atoms with E-state index in [9.17, 15) is 34.1 Å². The first-order chi connectivity index (χ1) is 15.7. The lowest BCUT2D eigenvalue weighted by Gasteiger charge is -2.25. The number of anilines is 1. The lowest BCUT2D eigenvalue weighted by Crippen LogP contribution is -2.42. The number of carbonyl (C=O) groups excluding carboxylic acids is 1. The van der Waals surface area contributed by atoms with Crippen molar-refractivity contribution >= 4 is 28.5 Å². The number of carboxylic acids is 1. The van der Waals surface area contributed by atoms with Crippen LogP contribution in [0.2, 0.25) is 0 Å². The van der Waals surface area contributed by atoms with E-state index < -0.39 is 41.9 Å². The lowest BCUT2D eigenvalue weighted by molar-refractivity contribution is -0.139. The summed E-state index contributed by atoms with van der Waals surface area (Å²) in [5.74, 6) is -2.80. The van der Waals surface area contributed by atoms with Gasteiger partial charge in [-0.2, -0.15) is 0 Å². The number of carboxylic acid groups (broad SMARTS) is 1. The van der Waals surface area contributed by atoms with E-state index in [4.69, 9.17) is 0 Å². The lowest BCUT2D eigenvalue weighted by atomic mass is 9.95. The van der Waals surface area contributed by atoms with Crippen LogP contribution in [0.4, 0.5) is 10.1 Å². The van der Waals surface area contributed by atoms with Gasteiger partial charge in [0, 0.05) is 17.6 Å². The normalized spacial score (nSPS) is 16.4. The molecule has 2 aromatic rings. The van der Waals surface area contributed by atoms with Crippen LogP contribution in [0.5, 0.6) is 0 Å². The van der Waals surface area contributed by atoms with Crippen molar-refractivity contribution in [3.63, 3.8) is 0 Å². The average molecular weight is 464 g/mol. The van der Waals surface area contributed by atoms with Crippen molar-refractivity contribution in [1.29, 1.82) is 0 Å². The largest absolute Gasteiger partial charge is 0.480 e.